The van der Waals surface area contributed by atoms with Crippen molar-refractivity contribution >= 4 is 41.4 Å². The third kappa shape index (κ3) is 10.4. The molecule has 2 aliphatic rings. The molecule has 2 fully saturated rings. The van der Waals surface area contributed by atoms with Gasteiger partial charge in [0.2, 0.25) is 0 Å². The lowest BCUT2D eigenvalue weighted by Crippen LogP contribution is -2.38. The van der Waals surface area contributed by atoms with Crippen LogP contribution >= 0.6 is 0 Å². The van der Waals surface area contributed by atoms with Gasteiger partial charge < -0.3 is 19.4 Å². The van der Waals surface area contributed by atoms with Crippen LogP contribution in [0.5, 0.6) is 0 Å². The predicted octanol–water partition coefficient (Wildman–Crippen LogP) is 1.41. The van der Waals surface area contributed by atoms with Crippen LogP contribution in [0.4, 0.5) is 0 Å². The van der Waals surface area contributed by atoms with E-state index in [0.29, 0.717) is 10.1 Å². The first-order valence-corrected chi connectivity index (χ1v) is 13.3. The molecule has 2 aliphatic heterocycles. The van der Waals surface area contributed by atoms with Gasteiger partial charge in [0, 0.05) is 57.8 Å². The van der Waals surface area contributed by atoms with Crippen LogP contribution in [0.25, 0.3) is 0 Å². The van der Waals surface area contributed by atoms with E-state index in [1.54, 1.807) is 27.7 Å². The molecule has 0 aromatic carbocycles. The quantitative estimate of drug-likeness (QED) is 0.151. The number of aliphatic hydroxyl groups is 1. The molecule has 2 rings (SSSR count). The Morgan fingerprint density at radius 3 is 1.90 bits per heavy atom. The normalized spacial score (nSPS) is 17.0. The second kappa shape index (κ2) is 14.4. The number of Topliss-reactive ketones (excluding diaryl/α,β-unsaturated/α-hetero) is 1. The Bertz CT molecular complexity index is 974. The fraction of sp³-hybridized carbons (Fsp3) is 0.731. The van der Waals surface area contributed by atoms with E-state index in [4.69, 9.17) is 19.1 Å². The second-order valence-corrected chi connectivity index (χ2v) is 10.7. The van der Waals surface area contributed by atoms with Crippen LogP contribution in [-0.4, -0.2) is 80.7 Å². The molecule has 2 saturated heterocycles. The van der Waals surface area contributed by atoms with Crippen molar-refractivity contribution in [3.05, 3.63) is 0 Å². The van der Waals surface area contributed by atoms with E-state index in [1.807, 2.05) is 0 Å². The zero-order valence-electron chi connectivity index (χ0n) is 23.4. The summed E-state index contributed by atoms with van der Waals surface area (Å²) >= 11 is 0. The number of rotatable bonds is 17. The monoisotopic (exact) mass is 570 g/mol. The van der Waals surface area contributed by atoms with Crippen LogP contribution in [0.1, 0.15) is 98.3 Å². The number of hydrogen-bond donors (Lipinski definition) is 1. The number of aliphatic hydroxyl groups excluding tert-OH is 1. The van der Waals surface area contributed by atoms with Crippen molar-refractivity contribution in [1.82, 2.24) is 10.1 Å². The van der Waals surface area contributed by atoms with E-state index in [-0.39, 0.29) is 83.0 Å². The summed E-state index contributed by atoms with van der Waals surface area (Å²) in [6.07, 6.45) is -0.871. The second-order valence-electron chi connectivity index (χ2n) is 10.7. The molecule has 0 bridgehead atoms. The largest absolute Gasteiger partial charge is 0.460 e. The van der Waals surface area contributed by atoms with Gasteiger partial charge in [-0.2, -0.15) is 5.06 Å². The SMILES string of the molecule is CC(C)(CCOC(C)(C)C(=O)CCCC(O)ON1C(=O)CCC1=O)OC(=O)CCCC(=O)ON1C(=O)CCC1=O. The van der Waals surface area contributed by atoms with Gasteiger partial charge in [-0.15, -0.1) is 5.06 Å². The molecule has 0 aromatic rings. The molecule has 224 valence electrons. The topological polar surface area (TPSA) is 183 Å². The number of esters is 1. The van der Waals surface area contributed by atoms with Crippen molar-refractivity contribution in [1.29, 1.82) is 0 Å². The molecule has 40 heavy (non-hydrogen) atoms. The van der Waals surface area contributed by atoms with Gasteiger partial charge in [0.1, 0.15) is 11.2 Å². The molecular weight excluding hydrogens is 532 g/mol. The first-order valence-electron chi connectivity index (χ1n) is 13.3. The lowest BCUT2D eigenvalue weighted by Gasteiger charge is -2.29. The van der Waals surface area contributed by atoms with E-state index in [1.165, 1.54) is 0 Å². The van der Waals surface area contributed by atoms with E-state index < -0.39 is 53.1 Å². The number of hydroxylamine groups is 4. The van der Waals surface area contributed by atoms with Crippen molar-refractivity contribution < 1.29 is 57.8 Å². The maximum absolute atomic E-state index is 12.6. The van der Waals surface area contributed by atoms with Crippen LogP contribution in [0.15, 0.2) is 0 Å². The van der Waals surface area contributed by atoms with Crippen molar-refractivity contribution in [2.75, 3.05) is 6.61 Å². The summed E-state index contributed by atoms with van der Waals surface area (Å²) in [7, 11) is 0. The average molecular weight is 571 g/mol. The highest BCUT2D eigenvalue weighted by Gasteiger charge is 2.34. The number of nitrogens with zero attached hydrogens (tertiary/aromatic N) is 2. The average Bonchev–Trinajstić information content (AvgIpc) is 3.33. The Labute approximate surface area is 232 Å². The zero-order chi connectivity index (χ0) is 30.1. The molecule has 14 nitrogen and oxygen atoms in total. The molecule has 1 N–H and O–H groups in total. The molecule has 4 amide bonds. The Hall–Kier alpha value is -3.23. The maximum atomic E-state index is 12.6. The lowest BCUT2D eigenvalue weighted by molar-refractivity contribution is -0.245. The van der Waals surface area contributed by atoms with Crippen LogP contribution in [-0.2, 0) is 52.7 Å². The summed E-state index contributed by atoms with van der Waals surface area (Å²) in [6.45, 7) is 6.67. The Balaban J connectivity index is 1.62. The first kappa shape index (κ1) is 33.0. The van der Waals surface area contributed by atoms with Crippen LogP contribution in [0.2, 0.25) is 0 Å². The minimum absolute atomic E-state index is 0.00475. The molecular formula is C26H38N2O12. The van der Waals surface area contributed by atoms with Crippen molar-refractivity contribution in [2.45, 2.75) is 116 Å². The van der Waals surface area contributed by atoms with Crippen molar-refractivity contribution in [2.24, 2.45) is 0 Å². The number of ketones is 1. The Morgan fingerprint density at radius 2 is 1.32 bits per heavy atom. The number of carbonyl (C=O) groups is 7. The summed E-state index contributed by atoms with van der Waals surface area (Å²) in [5.74, 6) is -3.77. The highest BCUT2D eigenvalue weighted by Crippen LogP contribution is 2.22. The third-order valence-electron chi connectivity index (χ3n) is 6.28. The standard InChI is InChI=1S/C26H38N2O12/c1-25(2,38-22(34)8-6-10-24(36)40-28-20(32)13-14-21(28)33)15-16-37-26(3,4)17(29)7-5-9-23(35)39-27-18(30)11-12-19(27)31/h23,35H,5-16H2,1-4H3. The minimum atomic E-state index is -1.40. The molecule has 0 spiro atoms. The van der Waals surface area contributed by atoms with Gasteiger partial charge in [0.15, 0.2) is 12.1 Å². The predicted molar refractivity (Wildman–Crippen MR) is 133 cm³/mol. The van der Waals surface area contributed by atoms with Gasteiger partial charge in [-0.25, -0.2) is 9.63 Å². The summed E-state index contributed by atoms with van der Waals surface area (Å²) in [5, 5.41) is 10.9. The van der Waals surface area contributed by atoms with E-state index in [2.05, 4.69) is 0 Å². The van der Waals surface area contributed by atoms with Gasteiger partial charge in [0.05, 0.1) is 6.61 Å². The van der Waals surface area contributed by atoms with E-state index in [9.17, 15) is 38.7 Å². The molecule has 2 heterocycles. The molecule has 1 unspecified atom stereocenters. The third-order valence-corrected chi connectivity index (χ3v) is 6.28. The number of imide groups is 2. The van der Waals surface area contributed by atoms with Gasteiger partial charge in [-0.1, -0.05) is 0 Å². The number of amides is 4. The first-order chi connectivity index (χ1) is 18.6. The Kier molecular flexibility index (Phi) is 11.9. The van der Waals surface area contributed by atoms with Gasteiger partial charge in [-0.05, 0) is 40.5 Å². The molecule has 0 aromatic heterocycles. The fourth-order valence-corrected chi connectivity index (χ4v) is 3.81. The minimum Gasteiger partial charge on any atom is -0.460 e. The highest BCUT2D eigenvalue weighted by atomic mass is 16.8. The number of hydrogen-bond acceptors (Lipinski definition) is 12. The van der Waals surface area contributed by atoms with Crippen LogP contribution in [0, 0.1) is 0 Å². The maximum Gasteiger partial charge on any atom is 0.333 e. The number of carbonyl (C=O) groups excluding carboxylic acids is 7. The molecule has 0 aliphatic carbocycles. The van der Waals surface area contributed by atoms with Gasteiger partial charge in [0.25, 0.3) is 23.6 Å². The van der Waals surface area contributed by atoms with Crippen molar-refractivity contribution in [3.63, 3.8) is 0 Å². The van der Waals surface area contributed by atoms with Crippen LogP contribution in [0.3, 0.4) is 0 Å². The van der Waals surface area contributed by atoms with Crippen molar-refractivity contribution in [3.8, 4) is 0 Å². The Morgan fingerprint density at radius 1 is 0.800 bits per heavy atom. The molecule has 0 radical (unpaired) electrons. The summed E-state index contributed by atoms with van der Waals surface area (Å²) in [6, 6.07) is 0. The van der Waals surface area contributed by atoms with Gasteiger partial charge in [-0.3, -0.25) is 28.8 Å². The van der Waals surface area contributed by atoms with Crippen LogP contribution < -0.4 is 0 Å². The van der Waals surface area contributed by atoms with E-state index >= 15 is 0 Å². The molecule has 1 atom stereocenters. The highest BCUT2D eigenvalue weighted by molar-refractivity contribution is 6.01. The number of ether oxygens (including phenoxy) is 2. The zero-order valence-corrected chi connectivity index (χ0v) is 23.4. The summed E-state index contributed by atoms with van der Waals surface area (Å²) in [4.78, 5) is 92.4. The molecule has 0 saturated carbocycles. The summed E-state index contributed by atoms with van der Waals surface area (Å²) in [5.41, 5.74) is -2.07. The fourth-order valence-electron chi connectivity index (χ4n) is 3.81. The van der Waals surface area contributed by atoms with E-state index in [0.717, 1.165) is 0 Å². The summed E-state index contributed by atoms with van der Waals surface area (Å²) < 4.78 is 11.2. The van der Waals surface area contributed by atoms with Gasteiger partial charge >= 0.3 is 11.9 Å². The molecule has 14 heteroatoms. The lowest BCUT2D eigenvalue weighted by atomic mass is 9.98. The smallest absolute Gasteiger partial charge is 0.333 e.